The average molecular weight is 1010 g/mol. The Morgan fingerprint density at radius 3 is 2.04 bits per heavy atom. The Labute approximate surface area is 425 Å². The number of hydrogen-bond donors (Lipinski definition) is 5. The number of phenolic OH excluding ortho intramolecular Hbond substituents is 2. The van der Waals surface area contributed by atoms with E-state index in [1.54, 1.807) is 35.6 Å². The highest BCUT2D eigenvalue weighted by Gasteiger charge is 2.44. The second-order valence-electron chi connectivity index (χ2n) is 19.3. The summed E-state index contributed by atoms with van der Waals surface area (Å²) in [4.78, 5) is 65.0. The number of nitrogens with one attached hydrogen (secondary N) is 2. The van der Waals surface area contributed by atoms with Crippen LogP contribution in [-0.4, -0.2) is 129 Å². The summed E-state index contributed by atoms with van der Waals surface area (Å²) in [5.74, 6) is 0.280. The SMILES string of the molecule is Cc1ncsc1-c1ccc(CNC(=O)[C@@H]2C[C@@H](O)CN2C(=O)C(NC(=O)CCCC(=O)N2CCN(CCOc3ccc(C(=C(CCCl)c4ccc(O)cc4)c4ccc(O)cc4)cc3)CC2)C(C)(C)C)cc1. The van der Waals surface area contributed by atoms with Gasteiger partial charge in [-0.15, -0.1) is 22.9 Å². The summed E-state index contributed by atoms with van der Waals surface area (Å²) in [6.45, 7) is 11.4. The molecule has 14 nitrogen and oxygen atoms in total. The first-order valence-electron chi connectivity index (χ1n) is 24.2. The zero-order valence-corrected chi connectivity index (χ0v) is 42.5. The van der Waals surface area contributed by atoms with Gasteiger partial charge in [-0.2, -0.15) is 0 Å². The van der Waals surface area contributed by atoms with Crippen molar-refractivity contribution in [1.82, 2.24) is 30.3 Å². The van der Waals surface area contributed by atoms with Crippen LogP contribution in [-0.2, 0) is 25.7 Å². The number of carbonyl (C=O) groups is 4. The number of aryl methyl sites for hydroxylation is 1. The summed E-state index contributed by atoms with van der Waals surface area (Å²) in [6, 6.07) is 28.0. The number of aliphatic hydroxyl groups is 1. The number of rotatable bonds is 19. The lowest BCUT2D eigenvalue weighted by molar-refractivity contribution is -0.144. The van der Waals surface area contributed by atoms with Gasteiger partial charge in [0.15, 0.2) is 0 Å². The van der Waals surface area contributed by atoms with Gasteiger partial charge in [-0.25, -0.2) is 4.98 Å². The second kappa shape index (κ2) is 24.2. The van der Waals surface area contributed by atoms with E-state index in [0.29, 0.717) is 58.1 Å². The summed E-state index contributed by atoms with van der Waals surface area (Å²) in [6.07, 6.45) is 0.368. The van der Waals surface area contributed by atoms with Crippen LogP contribution in [0.1, 0.15) is 80.8 Å². The van der Waals surface area contributed by atoms with Crippen molar-refractivity contribution in [2.75, 3.05) is 51.8 Å². The summed E-state index contributed by atoms with van der Waals surface area (Å²) < 4.78 is 6.16. The Morgan fingerprint density at radius 2 is 1.45 bits per heavy atom. The van der Waals surface area contributed by atoms with Crippen LogP contribution in [0.25, 0.3) is 21.6 Å². The highest BCUT2D eigenvalue weighted by molar-refractivity contribution is 7.13. The maximum atomic E-state index is 14.1. The van der Waals surface area contributed by atoms with Crippen molar-refractivity contribution in [3.8, 4) is 27.7 Å². The van der Waals surface area contributed by atoms with E-state index in [1.165, 1.54) is 4.90 Å². The van der Waals surface area contributed by atoms with Gasteiger partial charge in [0.25, 0.3) is 0 Å². The number of halogens is 1. The van der Waals surface area contributed by atoms with Crippen LogP contribution in [0.4, 0.5) is 0 Å². The highest BCUT2D eigenvalue weighted by atomic mass is 35.5. The van der Waals surface area contributed by atoms with Crippen molar-refractivity contribution >= 4 is 57.7 Å². The Morgan fingerprint density at radius 1 is 0.831 bits per heavy atom. The van der Waals surface area contributed by atoms with Crippen LogP contribution in [0, 0.1) is 12.3 Å². The molecule has 3 atom stereocenters. The zero-order chi connectivity index (χ0) is 50.7. The number of phenols is 2. The molecule has 0 spiro atoms. The second-order valence-corrected chi connectivity index (χ2v) is 20.5. The molecular formula is C55H65ClN6O8S. The van der Waals surface area contributed by atoms with E-state index in [0.717, 1.165) is 55.3 Å². The van der Waals surface area contributed by atoms with Gasteiger partial charge >= 0.3 is 0 Å². The third-order valence-corrected chi connectivity index (χ3v) is 14.2. The average Bonchev–Trinajstić information content (AvgIpc) is 3.98. The summed E-state index contributed by atoms with van der Waals surface area (Å²) in [5, 5.41) is 36.4. The van der Waals surface area contributed by atoms with E-state index in [4.69, 9.17) is 16.3 Å². The van der Waals surface area contributed by atoms with Crippen LogP contribution in [0.5, 0.6) is 17.2 Å². The lowest BCUT2D eigenvalue weighted by Crippen LogP contribution is -2.57. The molecule has 2 saturated heterocycles. The minimum absolute atomic E-state index is 0.0191. The van der Waals surface area contributed by atoms with Gasteiger partial charge < -0.3 is 40.5 Å². The van der Waals surface area contributed by atoms with Gasteiger partial charge in [0.05, 0.1) is 22.2 Å². The molecule has 2 aliphatic rings. The first kappa shape index (κ1) is 52.6. The molecule has 3 heterocycles. The fraction of sp³-hybridized carbons (Fsp3) is 0.400. The number of ether oxygens (including phenoxy) is 1. The predicted molar refractivity (Wildman–Crippen MR) is 278 cm³/mol. The number of alkyl halides is 1. The van der Waals surface area contributed by atoms with E-state index in [9.17, 15) is 34.5 Å². The molecule has 4 aromatic carbocycles. The normalized spacial score (nSPS) is 17.1. The number of β-amino-alcohol motifs (C(OH)–C–C–N with tert-alkyl or cyclic N) is 1. The molecule has 5 aromatic rings. The molecule has 2 aliphatic heterocycles. The molecule has 2 fully saturated rings. The van der Waals surface area contributed by atoms with Crippen molar-refractivity contribution in [1.29, 1.82) is 0 Å². The number of likely N-dealkylation sites (tertiary alicyclic amines) is 1. The molecule has 5 N–H and O–H groups in total. The lowest BCUT2D eigenvalue weighted by atomic mass is 9.85. The largest absolute Gasteiger partial charge is 0.508 e. The first-order chi connectivity index (χ1) is 34.1. The molecule has 7 rings (SSSR count). The van der Waals surface area contributed by atoms with Crippen molar-refractivity contribution in [2.24, 2.45) is 5.41 Å². The number of nitrogens with zero attached hydrogens (tertiary/aromatic N) is 4. The van der Waals surface area contributed by atoms with Gasteiger partial charge in [-0.3, -0.25) is 24.1 Å². The van der Waals surface area contributed by atoms with E-state index in [1.807, 2.05) is 111 Å². The number of amides is 4. The van der Waals surface area contributed by atoms with Crippen molar-refractivity contribution < 1.29 is 39.2 Å². The van der Waals surface area contributed by atoms with Crippen molar-refractivity contribution in [3.05, 3.63) is 131 Å². The maximum Gasteiger partial charge on any atom is 0.246 e. The predicted octanol–water partition coefficient (Wildman–Crippen LogP) is 7.62. The summed E-state index contributed by atoms with van der Waals surface area (Å²) in [5.41, 5.74) is 8.79. The fourth-order valence-corrected chi connectivity index (χ4v) is 10.1. The summed E-state index contributed by atoms with van der Waals surface area (Å²) >= 11 is 7.88. The molecule has 0 radical (unpaired) electrons. The fourth-order valence-electron chi connectivity index (χ4n) is 9.12. The molecule has 1 unspecified atom stereocenters. The third kappa shape index (κ3) is 14.0. The quantitative estimate of drug-likeness (QED) is 0.0408. The maximum absolute atomic E-state index is 14.1. The van der Waals surface area contributed by atoms with E-state index in [-0.39, 0.29) is 61.6 Å². The van der Waals surface area contributed by atoms with Gasteiger partial charge in [0, 0.05) is 71.0 Å². The zero-order valence-electron chi connectivity index (χ0n) is 40.9. The molecular weight excluding hydrogens is 940 g/mol. The lowest BCUT2D eigenvalue weighted by Gasteiger charge is -2.35. The molecule has 4 amide bonds. The Kier molecular flexibility index (Phi) is 17.9. The van der Waals surface area contributed by atoms with Crippen molar-refractivity contribution in [2.45, 2.75) is 84.5 Å². The highest BCUT2D eigenvalue weighted by Crippen LogP contribution is 2.37. The van der Waals surface area contributed by atoms with Crippen LogP contribution < -0.4 is 15.4 Å². The number of aromatic nitrogens is 1. The molecule has 0 bridgehead atoms. The van der Waals surface area contributed by atoms with Crippen LogP contribution in [0.2, 0.25) is 0 Å². The minimum atomic E-state index is -0.955. The van der Waals surface area contributed by atoms with Crippen LogP contribution in [0.15, 0.2) is 103 Å². The van der Waals surface area contributed by atoms with Crippen LogP contribution >= 0.6 is 22.9 Å². The Balaban J connectivity index is 0.842. The molecule has 16 heteroatoms. The molecule has 71 heavy (non-hydrogen) atoms. The topological polar surface area (TPSA) is 185 Å². The van der Waals surface area contributed by atoms with Crippen molar-refractivity contribution in [3.63, 3.8) is 0 Å². The number of aromatic hydroxyl groups is 2. The number of carbonyl (C=O) groups excluding carboxylic acids is 4. The monoisotopic (exact) mass is 1000 g/mol. The number of aliphatic hydroxyl groups excluding tert-OH is 1. The number of allylic oxidation sites excluding steroid dienone is 1. The van der Waals surface area contributed by atoms with E-state index >= 15 is 0 Å². The molecule has 0 aliphatic carbocycles. The van der Waals surface area contributed by atoms with Crippen LogP contribution in [0.3, 0.4) is 0 Å². The standard InChI is InChI=1S/C55H65ClN6O8S/c1-36-51(71-35-58-36)41-10-8-37(9-11-41)33-57-53(68)47-32-44(65)34-62(47)54(69)52(55(2,3)4)59-48(66)6-5-7-49(67)61-28-26-60(27-29-61)30-31-70-45-22-16-40(17-23-45)50(39-14-20-43(64)21-15-39)46(24-25-56)38-12-18-42(63)19-13-38/h8-23,35,44,47,52,63-65H,5-7,24-34H2,1-4H3,(H,57,68)(H,59,66)/t44-,47+,52?/m1/s1. The number of piperazine rings is 1. The molecule has 376 valence electrons. The van der Waals surface area contributed by atoms with Gasteiger partial charge in [-0.1, -0.05) is 81.4 Å². The van der Waals surface area contributed by atoms with Gasteiger partial charge in [0.1, 0.15) is 35.9 Å². The third-order valence-electron chi connectivity index (χ3n) is 13.1. The first-order valence-corrected chi connectivity index (χ1v) is 25.7. The number of hydrogen-bond acceptors (Lipinski definition) is 11. The van der Waals surface area contributed by atoms with Gasteiger partial charge in [0.2, 0.25) is 23.6 Å². The Hall–Kier alpha value is -6.26. The number of benzene rings is 4. The Bertz CT molecular complexity index is 2630. The molecule has 0 saturated carbocycles. The van der Waals surface area contributed by atoms with E-state index < -0.39 is 29.5 Å². The molecule has 1 aromatic heterocycles. The summed E-state index contributed by atoms with van der Waals surface area (Å²) in [7, 11) is 0. The smallest absolute Gasteiger partial charge is 0.246 e. The number of thiazole rings is 1. The minimum Gasteiger partial charge on any atom is -0.508 e. The van der Waals surface area contributed by atoms with E-state index in [2.05, 4.69) is 20.5 Å². The van der Waals surface area contributed by atoms with Gasteiger partial charge in [-0.05, 0) is 101 Å².